The standard InChI is InChI=1S/C36H45O6S.F6P/c1-19(2)34(37)40-31-22(7)13-28(14-23(31)8)43(29-15-24(9)32(25(10)16-29)41-35(38)20(3)4)30-17-26(11)33(27(12)18-30)42-36(39)21(5)6;1-7(2,3,4,5)6/h13-21H,1-12H3;/q+1;-1. The topological polar surface area (TPSA) is 78.9 Å². The van der Waals surface area contributed by atoms with Gasteiger partial charge in [-0.15, -0.1) is 0 Å². The average molecular weight is 751 g/mol. The summed E-state index contributed by atoms with van der Waals surface area (Å²) in [6, 6.07) is 12.5. The molecule has 0 saturated carbocycles. The van der Waals surface area contributed by atoms with Gasteiger partial charge in [0.1, 0.15) is 17.2 Å². The third kappa shape index (κ3) is 13.0. The minimum atomic E-state index is -10.7. The zero-order valence-electron chi connectivity index (χ0n) is 30.3. The minimum absolute atomic E-state index is 0.239. The van der Waals surface area contributed by atoms with Crippen LogP contribution in [-0.2, 0) is 25.3 Å². The number of esters is 3. The monoisotopic (exact) mass is 750 g/mol. The van der Waals surface area contributed by atoms with Gasteiger partial charge in [0.25, 0.3) is 0 Å². The van der Waals surface area contributed by atoms with Gasteiger partial charge in [0, 0.05) is 36.4 Å². The number of aryl methyl sites for hydroxylation is 6. The Morgan fingerprint density at radius 2 is 0.620 bits per heavy atom. The second-order valence-corrected chi connectivity index (χ2v) is 17.1. The SMILES string of the molecule is Cc1cc([S+](c2cc(C)c(OC(=O)C(C)C)c(C)c2)c2cc(C)c(OC(=O)C(C)C)c(C)c2)cc(C)c1OC(=O)C(C)C.F[P-](F)(F)(F)(F)F. The fraction of sp³-hybridized carbons (Fsp3) is 0.417. The number of ether oxygens (including phenoxy) is 3. The van der Waals surface area contributed by atoms with E-state index in [0.717, 1.165) is 48.1 Å². The Hall–Kier alpha value is -3.57. The summed E-state index contributed by atoms with van der Waals surface area (Å²) in [7, 11) is -11.2. The molecule has 0 unspecified atom stereocenters. The van der Waals surface area contributed by atoms with Crippen molar-refractivity contribution in [1.82, 2.24) is 0 Å². The predicted octanol–water partition coefficient (Wildman–Crippen LogP) is 11.7. The number of carbonyl (C=O) groups excluding carboxylic acids is 3. The van der Waals surface area contributed by atoms with Crippen LogP contribution in [0.4, 0.5) is 25.2 Å². The molecular weight excluding hydrogens is 705 g/mol. The summed E-state index contributed by atoms with van der Waals surface area (Å²) < 4.78 is 76.5. The number of hydrogen-bond donors (Lipinski definition) is 0. The summed E-state index contributed by atoms with van der Waals surface area (Å²) in [6.45, 7) is 22.6. The van der Waals surface area contributed by atoms with Crippen molar-refractivity contribution in [3.63, 3.8) is 0 Å². The molecular formula is C36H45F6O6PS. The van der Waals surface area contributed by atoms with Gasteiger partial charge in [-0.05, 0) is 74.9 Å². The summed E-state index contributed by atoms with van der Waals surface area (Å²) in [5.74, 6) is 0.216. The Balaban J connectivity index is 0.00000112. The van der Waals surface area contributed by atoms with Gasteiger partial charge in [-0.25, -0.2) is 0 Å². The van der Waals surface area contributed by atoms with E-state index in [1.54, 1.807) is 0 Å². The van der Waals surface area contributed by atoms with E-state index in [9.17, 15) is 39.6 Å². The van der Waals surface area contributed by atoms with E-state index in [1.165, 1.54) is 0 Å². The molecule has 278 valence electrons. The van der Waals surface area contributed by atoms with E-state index in [1.807, 2.05) is 83.1 Å². The van der Waals surface area contributed by atoms with E-state index < -0.39 is 18.7 Å². The zero-order valence-corrected chi connectivity index (χ0v) is 32.0. The molecule has 6 nitrogen and oxygen atoms in total. The van der Waals surface area contributed by atoms with Crippen LogP contribution >= 0.6 is 7.81 Å². The molecule has 0 spiro atoms. The molecule has 3 rings (SSSR count). The number of halogens is 6. The first kappa shape index (κ1) is 42.6. The Kier molecular flexibility index (Phi) is 12.7. The van der Waals surface area contributed by atoms with Gasteiger partial charge >= 0.3 is 50.9 Å². The molecule has 0 bridgehead atoms. The first-order chi connectivity index (χ1) is 22.5. The second-order valence-electron chi connectivity index (χ2n) is 13.2. The average Bonchev–Trinajstić information content (AvgIpc) is 2.92. The maximum atomic E-state index is 12.4. The molecule has 0 radical (unpaired) electrons. The van der Waals surface area contributed by atoms with Crippen LogP contribution in [0.5, 0.6) is 17.2 Å². The van der Waals surface area contributed by atoms with Crippen LogP contribution in [-0.4, -0.2) is 17.9 Å². The van der Waals surface area contributed by atoms with Gasteiger partial charge in [0.2, 0.25) is 0 Å². The summed E-state index contributed by atoms with van der Waals surface area (Å²) in [5, 5.41) is 0. The quantitative estimate of drug-likeness (QED) is 0.0712. The molecule has 0 heterocycles. The van der Waals surface area contributed by atoms with E-state index in [2.05, 4.69) is 36.4 Å². The molecule has 3 aromatic carbocycles. The predicted molar refractivity (Wildman–Crippen MR) is 185 cm³/mol. The molecule has 0 N–H and O–H groups in total. The fourth-order valence-electron chi connectivity index (χ4n) is 4.63. The third-order valence-electron chi connectivity index (χ3n) is 7.03. The zero-order chi connectivity index (χ0) is 38.7. The van der Waals surface area contributed by atoms with E-state index in [4.69, 9.17) is 14.2 Å². The first-order valence-corrected chi connectivity index (χ1v) is 19.0. The molecule has 0 atom stereocenters. The molecule has 0 saturated heterocycles. The van der Waals surface area contributed by atoms with E-state index in [-0.39, 0.29) is 35.7 Å². The summed E-state index contributed by atoms with van der Waals surface area (Å²) >= 11 is 0. The van der Waals surface area contributed by atoms with Crippen molar-refractivity contribution in [2.45, 2.75) is 97.8 Å². The van der Waals surface area contributed by atoms with Crippen LogP contribution in [0.15, 0.2) is 51.1 Å². The molecule has 0 aliphatic heterocycles. The van der Waals surface area contributed by atoms with Crippen LogP contribution in [0.2, 0.25) is 0 Å². The Morgan fingerprint density at radius 1 is 0.460 bits per heavy atom. The van der Waals surface area contributed by atoms with Crippen molar-refractivity contribution < 1.29 is 53.8 Å². The number of rotatable bonds is 9. The van der Waals surface area contributed by atoms with Gasteiger partial charge < -0.3 is 14.2 Å². The van der Waals surface area contributed by atoms with Gasteiger partial charge in [-0.1, -0.05) is 41.5 Å². The van der Waals surface area contributed by atoms with Crippen LogP contribution < -0.4 is 14.2 Å². The molecule has 0 amide bonds. The molecule has 0 aliphatic carbocycles. The van der Waals surface area contributed by atoms with Crippen molar-refractivity contribution >= 4 is 36.6 Å². The molecule has 0 aliphatic rings. The Bertz CT molecular complexity index is 1520. The van der Waals surface area contributed by atoms with Gasteiger partial charge in [-0.3, -0.25) is 14.4 Å². The van der Waals surface area contributed by atoms with Crippen molar-refractivity contribution in [2.75, 3.05) is 0 Å². The summed E-state index contributed by atoms with van der Waals surface area (Å²) in [6.07, 6.45) is 0. The Morgan fingerprint density at radius 3 is 0.760 bits per heavy atom. The van der Waals surface area contributed by atoms with Gasteiger partial charge in [-0.2, -0.15) is 0 Å². The van der Waals surface area contributed by atoms with E-state index >= 15 is 0 Å². The third-order valence-corrected chi connectivity index (χ3v) is 9.15. The van der Waals surface area contributed by atoms with Crippen LogP contribution in [0.1, 0.15) is 74.9 Å². The molecule has 0 fully saturated rings. The van der Waals surface area contributed by atoms with Crippen LogP contribution in [0, 0.1) is 59.3 Å². The van der Waals surface area contributed by atoms with Crippen LogP contribution in [0.3, 0.4) is 0 Å². The first-order valence-electron chi connectivity index (χ1n) is 15.8. The fourth-order valence-corrected chi connectivity index (χ4v) is 7.22. The van der Waals surface area contributed by atoms with Crippen molar-refractivity contribution in [3.05, 3.63) is 69.8 Å². The number of hydrogen-bond acceptors (Lipinski definition) is 6. The van der Waals surface area contributed by atoms with Crippen molar-refractivity contribution in [3.8, 4) is 17.2 Å². The summed E-state index contributed by atoms with van der Waals surface area (Å²) in [4.78, 5) is 40.5. The van der Waals surface area contributed by atoms with Crippen molar-refractivity contribution in [1.29, 1.82) is 0 Å². The normalized spacial score (nSPS) is 13.1. The second kappa shape index (κ2) is 15.0. The molecule has 0 aromatic heterocycles. The van der Waals surface area contributed by atoms with E-state index in [0.29, 0.717) is 17.2 Å². The van der Waals surface area contributed by atoms with Gasteiger partial charge in [0.15, 0.2) is 14.7 Å². The number of benzene rings is 3. The van der Waals surface area contributed by atoms with Crippen LogP contribution in [0.25, 0.3) is 0 Å². The molecule has 3 aromatic rings. The number of carbonyl (C=O) groups is 3. The molecule has 50 heavy (non-hydrogen) atoms. The maximum absolute atomic E-state index is 12.4. The Labute approximate surface area is 292 Å². The van der Waals surface area contributed by atoms with Gasteiger partial charge in [0.05, 0.1) is 28.6 Å². The summed E-state index contributed by atoms with van der Waals surface area (Å²) in [5.41, 5.74) is 5.21. The van der Waals surface area contributed by atoms with Crippen molar-refractivity contribution in [2.24, 2.45) is 17.8 Å². The molecule has 14 heteroatoms.